The van der Waals surface area contributed by atoms with Gasteiger partial charge in [0.2, 0.25) is 0 Å². The predicted molar refractivity (Wildman–Crippen MR) is 86.6 cm³/mol. The van der Waals surface area contributed by atoms with E-state index in [-0.39, 0.29) is 28.4 Å². The summed E-state index contributed by atoms with van der Waals surface area (Å²) in [5.74, 6) is -0.369. The highest BCUT2D eigenvalue weighted by molar-refractivity contribution is 9.10. The van der Waals surface area contributed by atoms with E-state index >= 15 is 0 Å². The summed E-state index contributed by atoms with van der Waals surface area (Å²) in [6.45, 7) is 4.22. The minimum Gasteiger partial charge on any atom is -0.389 e. The van der Waals surface area contributed by atoms with Gasteiger partial charge in [-0.15, -0.1) is 0 Å². The number of thiocarbonyl (C=S) groups is 1. The Morgan fingerprint density at radius 3 is 2.70 bits per heavy atom. The number of halogens is 2. The van der Waals surface area contributed by atoms with E-state index in [1.54, 1.807) is 19.2 Å². The van der Waals surface area contributed by atoms with Gasteiger partial charge in [0.05, 0.1) is 16.3 Å². The van der Waals surface area contributed by atoms with E-state index in [2.05, 4.69) is 35.1 Å². The van der Waals surface area contributed by atoms with Gasteiger partial charge < -0.3 is 15.8 Å². The molecule has 0 saturated heterocycles. The number of hydrogen-bond acceptors (Lipinski definition) is 3. The fourth-order valence-electron chi connectivity index (χ4n) is 2.57. The van der Waals surface area contributed by atoms with Crippen molar-refractivity contribution in [3.8, 4) is 0 Å². The number of methoxy groups -OCH3 is 1. The molecule has 110 valence electrons. The van der Waals surface area contributed by atoms with E-state index in [4.69, 9.17) is 22.7 Å². The van der Waals surface area contributed by atoms with Crippen LogP contribution in [0.2, 0.25) is 0 Å². The molecule has 0 heterocycles. The second-order valence-electron chi connectivity index (χ2n) is 5.63. The number of hydrogen-bond donors (Lipinski definition) is 2. The van der Waals surface area contributed by atoms with E-state index in [0.717, 1.165) is 6.42 Å². The molecule has 1 aliphatic carbocycles. The fourth-order valence-corrected chi connectivity index (χ4v) is 3.43. The summed E-state index contributed by atoms with van der Waals surface area (Å²) in [5, 5.41) is 3.24. The lowest BCUT2D eigenvalue weighted by molar-refractivity contribution is -0.0795. The van der Waals surface area contributed by atoms with Crippen LogP contribution in [0.3, 0.4) is 0 Å². The lowest BCUT2D eigenvalue weighted by atomic mass is 9.64. The van der Waals surface area contributed by atoms with Crippen LogP contribution in [0.1, 0.15) is 25.8 Å². The van der Waals surface area contributed by atoms with Crippen molar-refractivity contribution < 1.29 is 9.13 Å². The van der Waals surface area contributed by atoms with Crippen LogP contribution in [0.25, 0.3) is 0 Å². The number of benzene rings is 1. The first-order valence-corrected chi connectivity index (χ1v) is 7.56. The second kappa shape index (κ2) is 5.58. The van der Waals surface area contributed by atoms with Gasteiger partial charge in [0.1, 0.15) is 4.99 Å². The van der Waals surface area contributed by atoms with Gasteiger partial charge in [-0.1, -0.05) is 26.1 Å². The van der Waals surface area contributed by atoms with Crippen molar-refractivity contribution in [1.29, 1.82) is 0 Å². The van der Waals surface area contributed by atoms with Gasteiger partial charge in [-0.2, -0.15) is 0 Å². The fraction of sp³-hybridized carbons (Fsp3) is 0.500. The quantitative estimate of drug-likeness (QED) is 0.807. The molecule has 0 aromatic heterocycles. The van der Waals surface area contributed by atoms with Crippen molar-refractivity contribution in [2.75, 3.05) is 12.4 Å². The molecule has 0 amide bonds. The summed E-state index contributed by atoms with van der Waals surface area (Å²) >= 11 is 8.09. The van der Waals surface area contributed by atoms with Crippen molar-refractivity contribution in [2.24, 2.45) is 11.1 Å². The van der Waals surface area contributed by atoms with Gasteiger partial charge >= 0.3 is 0 Å². The Morgan fingerprint density at radius 2 is 2.20 bits per heavy atom. The van der Waals surface area contributed by atoms with E-state index in [1.165, 1.54) is 0 Å². The highest BCUT2D eigenvalue weighted by Crippen LogP contribution is 2.44. The Hall–Kier alpha value is -0.720. The number of anilines is 1. The Bertz CT molecular complexity index is 550. The van der Waals surface area contributed by atoms with Gasteiger partial charge in [-0.25, -0.2) is 4.39 Å². The molecule has 1 saturated carbocycles. The van der Waals surface area contributed by atoms with Crippen molar-refractivity contribution in [3.63, 3.8) is 0 Å². The van der Waals surface area contributed by atoms with Crippen molar-refractivity contribution in [1.82, 2.24) is 0 Å². The van der Waals surface area contributed by atoms with Crippen molar-refractivity contribution >= 4 is 38.8 Å². The highest BCUT2D eigenvalue weighted by Gasteiger charge is 2.48. The van der Waals surface area contributed by atoms with Gasteiger partial charge in [0.25, 0.3) is 0 Å². The van der Waals surface area contributed by atoms with E-state index in [0.29, 0.717) is 15.7 Å². The average Bonchev–Trinajstić information content (AvgIpc) is 2.38. The molecule has 0 bridgehead atoms. The minimum absolute atomic E-state index is 0.0322. The van der Waals surface area contributed by atoms with E-state index < -0.39 is 0 Å². The maximum atomic E-state index is 14.3. The number of rotatable bonds is 4. The van der Waals surface area contributed by atoms with Crippen molar-refractivity contribution in [2.45, 2.75) is 32.4 Å². The molecule has 2 atom stereocenters. The third kappa shape index (κ3) is 2.56. The molecule has 2 unspecified atom stereocenters. The molecule has 20 heavy (non-hydrogen) atoms. The van der Waals surface area contributed by atoms with Gasteiger partial charge in [0.15, 0.2) is 5.82 Å². The molecule has 1 aromatic rings. The number of nitrogens with two attached hydrogens (primary N) is 1. The van der Waals surface area contributed by atoms with Crippen LogP contribution < -0.4 is 11.1 Å². The lowest BCUT2D eigenvalue weighted by Gasteiger charge is -2.51. The molecule has 0 radical (unpaired) electrons. The molecule has 0 aliphatic heterocycles. The second-order valence-corrected chi connectivity index (χ2v) is 6.86. The summed E-state index contributed by atoms with van der Waals surface area (Å²) in [4.78, 5) is 0.172. The SMILES string of the molecule is COC1CC(Nc2ccc(C(N)=S)c(Br)c2F)C1(C)C. The lowest BCUT2D eigenvalue weighted by Crippen LogP contribution is -2.57. The highest BCUT2D eigenvalue weighted by atomic mass is 79.9. The smallest absolute Gasteiger partial charge is 0.161 e. The summed E-state index contributed by atoms with van der Waals surface area (Å²) in [5.41, 5.74) is 6.47. The molecule has 1 fully saturated rings. The van der Waals surface area contributed by atoms with Gasteiger partial charge in [0, 0.05) is 24.1 Å². The average molecular weight is 361 g/mol. The third-order valence-electron chi connectivity index (χ3n) is 4.14. The topological polar surface area (TPSA) is 47.3 Å². The van der Waals surface area contributed by atoms with Crippen LogP contribution >= 0.6 is 28.1 Å². The van der Waals surface area contributed by atoms with Crippen LogP contribution in [0.15, 0.2) is 16.6 Å². The summed E-state index contributed by atoms with van der Waals surface area (Å²) < 4.78 is 20.0. The monoisotopic (exact) mass is 360 g/mol. The Balaban J connectivity index is 2.20. The van der Waals surface area contributed by atoms with Crippen LogP contribution in [0.4, 0.5) is 10.1 Å². The molecule has 3 N–H and O–H groups in total. The number of ether oxygens (including phenoxy) is 1. The molecule has 6 heteroatoms. The van der Waals surface area contributed by atoms with Crippen molar-refractivity contribution in [3.05, 3.63) is 28.0 Å². The maximum absolute atomic E-state index is 14.3. The first-order valence-electron chi connectivity index (χ1n) is 6.36. The molecular formula is C14H18BrFN2OS. The summed E-state index contributed by atoms with van der Waals surface area (Å²) in [6.07, 6.45) is 1.06. The Kier molecular flexibility index (Phi) is 4.37. The first-order chi connectivity index (χ1) is 9.28. The predicted octanol–water partition coefficient (Wildman–Crippen LogP) is 3.45. The Morgan fingerprint density at radius 1 is 1.55 bits per heavy atom. The summed E-state index contributed by atoms with van der Waals surface area (Å²) in [6, 6.07) is 3.56. The van der Waals surface area contributed by atoms with Crippen LogP contribution in [0, 0.1) is 11.2 Å². The Labute approximate surface area is 132 Å². The molecule has 2 rings (SSSR count). The normalized spacial score (nSPS) is 24.1. The summed E-state index contributed by atoms with van der Waals surface area (Å²) in [7, 11) is 1.71. The first kappa shape index (κ1) is 15.7. The molecule has 1 aliphatic rings. The van der Waals surface area contributed by atoms with Crippen LogP contribution in [0.5, 0.6) is 0 Å². The zero-order valence-corrected chi connectivity index (χ0v) is 14.1. The molecule has 0 spiro atoms. The zero-order valence-electron chi connectivity index (χ0n) is 11.7. The van der Waals surface area contributed by atoms with E-state index in [1.807, 2.05) is 0 Å². The van der Waals surface area contributed by atoms with Crippen LogP contribution in [-0.2, 0) is 4.74 Å². The van der Waals surface area contributed by atoms with Crippen LogP contribution in [-0.4, -0.2) is 24.2 Å². The van der Waals surface area contributed by atoms with E-state index in [9.17, 15) is 4.39 Å². The molecule has 3 nitrogen and oxygen atoms in total. The number of nitrogens with one attached hydrogen (secondary N) is 1. The molecule has 1 aromatic carbocycles. The maximum Gasteiger partial charge on any atom is 0.161 e. The van der Waals surface area contributed by atoms with Gasteiger partial charge in [-0.05, 0) is 34.5 Å². The largest absolute Gasteiger partial charge is 0.389 e. The third-order valence-corrected chi connectivity index (χ3v) is 5.13. The standard InChI is InChI=1S/C14H18BrFN2OS/c1-14(2)9(6-10(14)19-3)18-8-5-4-7(13(17)20)11(15)12(8)16/h4-5,9-10,18H,6H2,1-3H3,(H2,17,20). The molecular weight excluding hydrogens is 343 g/mol. The van der Waals surface area contributed by atoms with Gasteiger partial charge in [-0.3, -0.25) is 0 Å². The minimum atomic E-state index is -0.369. The zero-order chi connectivity index (χ0) is 15.1.